The summed E-state index contributed by atoms with van der Waals surface area (Å²) in [5.41, 5.74) is 1.08. The molecule has 1 aliphatic heterocycles. The van der Waals surface area contributed by atoms with Crippen molar-refractivity contribution in [2.45, 2.75) is 19.1 Å². The number of benzene rings is 2. The zero-order valence-corrected chi connectivity index (χ0v) is 14.6. The first-order chi connectivity index (χ1) is 12.2. The van der Waals surface area contributed by atoms with E-state index in [1.165, 1.54) is 0 Å². The highest BCUT2D eigenvalue weighted by Gasteiger charge is 2.30. The molecular weight excluding hydrogens is 318 g/mol. The van der Waals surface area contributed by atoms with Crippen LogP contribution < -0.4 is 9.47 Å². The maximum Gasteiger partial charge on any atom is 0.260 e. The first kappa shape index (κ1) is 17.3. The molecule has 0 spiro atoms. The first-order valence-corrected chi connectivity index (χ1v) is 8.41. The quantitative estimate of drug-likeness (QED) is 0.839. The molecule has 132 valence electrons. The number of hydrogen-bond acceptors (Lipinski definition) is 4. The van der Waals surface area contributed by atoms with Crippen molar-refractivity contribution in [3.63, 3.8) is 0 Å². The van der Waals surface area contributed by atoms with Gasteiger partial charge in [-0.05, 0) is 24.6 Å². The molecule has 1 amide bonds. The Bertz CT molecular complexity index is 704. The smallest absolute Gasteiger partial charge is 0.260 e. The van der Waals surface area contributed by atoms with E-state index in [9.17, 15) is 4.79 Å². The van der Waals surface area contributed by atoms with Crippen LogP contribution in [0.5, 0.6) is 11.5 Å². The second kappa shape index (κ2) is 8.03. The van der Waals surface area contributed by atoms with Gasteiger partial charge in [0.25, 0.3) is 5.91 Å². The number of carbonyl (C=O) groups is 1. The molecule has 0 N–H and O–H groups in total. The van der Waals surface area contributed by atoms with Crippen molar-refractivity contribution in [3.05, 3.63) is 60.2 Å². The van der Waals surface area contributed by atoms with Crippen molar-refractivity contribution in [1.82, 2.24) is 4.90 Å². The fourth-order valence-corrected chi connectivity index (χ4v) is 2.93. The summed E-state index contributed by atoms with van der Waals surface area (Å²) in [4.78, 5) is 14.5. The summed E-state index contributed by atoms with van der Waals surface area (Å²) in [6.45, 7) is 3.01. The van der Waals surface area contributed by atoms with E-state index in [4.69, 9.17) is 14.2 Å². The standard InChI is InChI=1S/C20H23NO4/c1-15-13-24-19(16-8-4-3-5-9-16)12-21(15)20(22)14-25-18-11-7-6-10-17(18)23-2/h3-11,15,19H,12-14H2,1-2H3. The number of nitrogens with zero attached hydrogens (tertiary/aromatic N) is 1. The van der Waals surface area contributed by atoms with Gasteiger partial charge in [-0.15, -0.1) is 0 Å². The minimum Gasteiger partial charge on any atom is -0.493 e. The fourth-order valence-electron chi connectivity index (χ4n) is 2.93. The molecule has 0 bridgehead atoms. The molecule has 2 aromatic carbocycles. The highest BCUT2D eigenvalue weighted by molar-refractivity contribution is 5.78. The van der Waals surface area contributed by atoms with Gasteiger partial charge in [-0.25, -0.2) is 0 Å². The fraction of sp³-hybridized carbons (Fsp3) is 0.350. The summed E-state index contributed by atoms with van der Waals surface area (Å²) >= 11 is 0. The third-order valence-corrected chi connectivity index (χ3v) is 4.35. The number of para-hydroxylation sites is 2. The second-order valence-electron chi connectivity index (χ2n) is 6.07. The van der Waals surface area contributed by atoms with Crippen LogP contribution in [0.1, 0.15) is 18.6 Å². The van der Waals surface area contributed by atoms with Crippen molar-refractivity contribution >= 4 is 5.91 Å². The lowest BCUT2D eigenvalue weighted by Gasteiger charge is -2.38. The zero-order valence-electron chi connectivity index (χ0n) is 14.6. The Labute approximate surface area is 148 Å². The van der Waals surface area contributed by atoms with Gasteiger partial charge in [0.1, 0.15) is 6.10 Å². The average molecular weight is 341 g/mol. The van der Waals surface area contributed by atoms with Gasteiger partial charge in [0.2, 0.25) is 0 Å². The Hall–Kier alpha value is -2.53. The summed E-state index contributed by atoms with van der Waals surface area (Å²) in [6, 6.07) is 17.3. The van der Waals surface area contributed by atoms with Crippen LogP contribution in [0.3, 0.4) is 0 Å². The molecule has 1 aliphatic rings. The number of amides is 1. The number of rotatable bonds is 5. The number of hydrogen-bond donors (Lipinski definition) is 0. The SMILES string of the molecule is COc1ccccc1OCC(=O)N1CC(c2ccccc2)OCC1C. The summed E-state index contributed by atoms with van der Waals surface area (Å²) in [6.07, 6.45) is -0.104. The number of morpholine rings is 1. The van der Waals surface area contributed by atoms with E-state index in [-0.39, 0.29) is 24.7 Å². The number of ether oxygens (including phenoxy) is 3. The van der Waals surface area contributed by atoms with Gasteiger partial charge in [0, 0.05) is 0 Å². The Kier molecular flexibility index (Phi) is 5.56. The molecule has 5 nitrogen and oxygen atoms in total. The van der Waals surface area contributed by atoms with Crippen LogP contribution in [0.25, 0.3) is 0 Å². The summed E-state index contributed by atoms with van der Waals surface area (Å²) in [5.74, 6) is 1.13. The molecule has 3 rings (SSSR count). The molecule has 2 aromatic rings. The van der Waals surface area contributed by atoms with Gasteiger partial charge in [0.15, 0.2) is 18.1 Å². The highest BCUT2D eigenvalue weighted by Crippen LogP contribution is 2.27. The minimum atomic E-state index is -0.104. The van der Waals surface area contributed by atoms with Gasteiger partial charge in [-0.2, -0.15) is 0 Å². The van der Waals surface area contributed by atoms with Crippen molar-refractivity contribution in [3.8, 4) is 11.5 Å². The molecule has 0 aromatic heterocycles. The van der Waals surface area contributed by atoms with E-state index < -0.39 is 0 Å². The van der Waals surface area contributed by atoms with E-state index >= 15 is 0 Å². The lowest BCUT2D eigenvalue weighted by molar-refractivity contribution is -0.146. The minimum absolute atomic E-state index is 0.0216. The van der Waals surface area contributed by atoms with Crippen LogP contribution in [0.4, 0.5) is 0 Å². The van der Waals surface area contributed by atoms with E-state index in [0.29, 0.717) is 24.7 Å². The van der Waals surface area contributed by atoms with E-state index in [1.807, 2.05) is 60.4 Å². The van der Waals surface area contributed by atoms with Crippen LogP contribution in [0.2, 0.25) is 0 Å². The summed E-state index contributed by atoms with van der Waals surface area (Å²) in [7, 11) is 1.58. The van der Waals surface area contributed by atoms with Gasteiger partial charge in [-0.1, -0.05) is 42.5 Å². The zero-order chi connectivity index (χ0) is 17.6. The molecule has 2 atom stereocenters. The third-order valence-electron chi connectivity index (χ3n) is 4.35. The molecule has 0 saturated carbocycles. The van der Waals surface area contributed by atoms with Crippen molar-refractivity contribution < 1.29 is 19.0 Å². The molecule has 1 saturated heterocycles. The Balaban J connectivity index is 1.64. The molecule has 1 heterocycles. The molecular formula is C20H23NO4. The van der Waals surface area contributed by atoms with Crippen LogP contribution in [0.15, 0.2) is 54.6 Å². The molecule has 2 unspecified atom stereocenters. The summed E-state index contributed by atoms with van der Waals surface area (Å²) < 4.78 is 16.8. The second-order valence-corrected chi connectivity index (χ2v) is 6.07. The van der Waals surface area contributed by atoms with Crippen molar-refractivity contribution in [1.29, 1.82) is 0 Å². The molecule has 0 aliphatic carbocycles. The monoisotopic (exact) mass is 341 g/mol. The Morgan fingerprint density at radius 3 is 2.52 bits per heavy atom. The first-order valence-electron chi connectivity index (χ1n) is 8.41. The Morgan fingerprint density at radius 2 is 1.80 bits per heavy atom. The van der Waals surface area contributed by atoms with Crippen molar-refractivity contribution in [2.75, 3.05) is 26.9 Å². The van der Waals surface area contributed by atoms with E-state index in [0.717, 1.165) is 5.56 Å². The van der Waals surface area contributed by atoms with Crippen LogP contribution in [-0.4, -0.2) is 43.7 Å². The predicted molar refractivity (Wildman–Crippen MR) is 94.8 cm³/mol. The highest BCUT2D eigenvalue weighted by atomic mass is 16.5. The normalized spacial score (nSPS) is 20.2. The van der Waals surface area contributed by atoms with Crippen molar-refractivity contribution in [2.24, 2.45) is 0 Å². The van der Waals surface area contributed by atoms with Gasteiger partial charge in [0.05, 0.1) is 26.3 Å². The van der Waals surface area contributed by atoms with E-state index in [2.05, 4.69) is 0 Å². The number of carbonyl (C=O) groups excluding carboxylic acids is 1. The summed E-state index contributed by atoms with van der Waals surface area (Å²) in [5, 5.41) is 0. The lowest BCUT2D eigenvalue weighted by Crippen LogP contribution is -2.49. The molecule has 25 heavy (non-hydrogen) atoms. The third kappa shape index (κ3) is 4.12. The Morgan fingerprint density at radius 1 is 1.12 bits per heavy atom. The topological polar surface area (TPSA) is 48.0 Å². The van der Waals surface area contributed by atoms with Crippen LogP contribution in [0, 0.1) is 0 Å². The molecule has 5 heteroatoms. The maximum atomic E-state index is 12.7. The molecule has 0 radical (unpaired) electrons. The maximum absolute atomic E-state index is 12.7. The predicted octanol–water partition coefficient (Wildman–Crippen LogP) is 3.06. The van der Waals surface area contributed by atoms with Gasteiger partial charge >= 0.3 is 0 Å². The lowest BCUT2D eigenvalue weighted by atomic mass is 10.1. The molecule has 1 fully saturated rings. The van der Waals surface area contributed by atoms with Gasteiger partial charge < -0.3 is 19.1 Å². The number of methoxy groups -OCH3 is 1. The van der Waals surface area contributed by atoms with Gasteiger partial charge in [-0.3, -0.25) is 4.79 Å². The average Bonchev–Trinajstić information content (AvgIpc) is 2.67. The van der Waals surface area contributed by atoms with Crippen LogP contribution in [-0.2, 0) is 9.53 Å². The van der Waals surface area contributed by atoms with E-state index in [1.54, 1.807) is 13.2 Å². The largest absolute Gasteiger partial charge is 0.493 e. The van der Waals surface area contributed by atoms with Crippen LogP contribution >= 0.6 is 0 Å².